The minimum absolute atomic E-state index is 0. The zero-order valence-corrected chi connectivity index (χ0v) is 58.2. The predicted molar refractivity (Wildman–Crippen MR) is 365 cm³/mol. The molecular weight excluding hydrogens is 1420 g/mol. The molecule has 92 heavy (non-hydrogen) atoms. The summed E-state index contributed by atoms with van der Waals surface area (Å²) in [6.45, 7) is 11.2. The van der Waals surface area contributed by atoms with Gasteiger partial charge in [-0.3, -0.25) is 38.9 Å². The third-order valence-corrected chi connectivity index (χ3v) is 31.7. The van der Waals surface area contributed by atoms with Crippen LogP contribution in [0.25, 0.3) is 31.9 Å². The molecular formula is C63H71BrN14O9S4Sn. The SMILES string of the molecule is Brc1cncs1.C.CC(=O)c1cc(-c2cncs2)on1.CCC[CH2][Sn]([CH2]CCC)([CH2]CCC)[c]1cc(C(C)=O)no1.Nc1cnn(Cc2ccccc2)c1.O=C(Nc1cnn(Cc2ccccc2)c1)c1cc(-c2cncs2)on1.O=C(O)c1cc(-c2cncs2)on1. The number of rotatable bonds is 22. The molecule has 0 fully saturated rings. The molecule has 1 amide bonds. The van der Waals surface area contributed by atoms with Crippen LogP contribution >= 0.6 is 61.3 Å². The zero-order chi connectivity index (χ0) is 64.8. The Bertz CT molecular complexity index is 3920. The molecule has 23 nitrogen and oxygen atoms in total. The topological polar surface area (TPSA) is 318 Å². The number of benzene rings is 2. The Kier molecular flexibility index (Phi) is 30.3. The maximum absolute atomic E-state index is 12.3. The van der Waals surface area contributed by atoms with E-state index in [0.29, 0.717) is 46.6 Å². The summed E-state index contributed by atoms with van der Waals surface area (Å²) in [6, 6.07) is 26.7. The Labute approximate surface area is 560 Å². The van der Waals surface area contributed by atoms with E-state index in [1.165, 1.54) is 104 Å². The monoisotopic (exact) mass is 1490 g/mol. The second-order valence-corrected chi connectivity index (χ2v) is 38.0. The van der Waals surface area contributed by atoms with Gasteiger partial charge in [-0.25, -0.2) is 4.79 Å². The Hall–Kier alpha value is -8.42. The fourth-order valence-corrected chi connectivity index (χ4v) is 25.9. The molecule has 12 rings (SSSR count). The van der Waals surface area contributed by atoms with Crippen LogP contribution in [0.4, 0.5) is 11.4 Å². The number of carbonyl (C=O) groups is 4. The number of amides is 1. The van der Waals surface area contributed by atoms with Gasteiger partial charge in [0.25, 0.3) is 5.91 Å². The van der Waals surface area contributed by atoms with Crippen molar-refractivity contribution < 1.29 is 42.4 Å². The van der Waals surface area contributed by atoms with Gasteiger partial charge in [0.2, 0.25) is 0 Å². The van der Waals surface area contributed by atoms with E-state index in [2.05, 4.69) is 105 Å². The molecule has 0 radical (unpaired) electrons. The quantitative estimate of drug-likeness (QED) is 0.0419. The van der Waals surface area contributed by atoms with E-state index < -0.39 is 24.3 Å². The number of nitrogens with two attached hydrogens (primary N) is 1. The first-order valence-electron chi connectivity index (χ1n) is 28.7. The fourth-order valence-electron chi connectivity index (χ4n) is 8.46. The molecule has 482 valence electrons. The number of nitrogens with one attached hydrogen (secondary N) is 1. The normalized spacial score (nSPS) is 10.5. The smallest absolute Gasteiger partial charge is 0.358 e. The summed E-state index contributed by atoms with van der Waals surface area (Å²) >= 11 is 6.53. The number of hydrogen-bond donors (Lipinski definition) is 3. The van der Waals surface area contributed by atoms with Crippen molar-refractivity contribution in [3.63, 3.8) is 0 Å². The van der Waals surface area contributed by atoms with Crippen molar-refractivity contribution in [3.8, 4) is 31.9 Å². The van der Waals surface area contributed by atoms with Crippen LogP contribution < -0.4 is 14.8 Å². The number of Topliss-reactive ketones (excluding diaryl/α,β-unsaturated/α-hetero) is 2. The number of carboxylic acid groups (broad SMARTS) is 1. The van der Waals surface area contributed by atoms with Crippen LogP contribution in [0.5, 0.6) is 0 Å². The molecule has 0 aliphatic carbocycles. The molecule has 10 heterocycles. The maximum Gasteiger partial charge on any atom is 0.358 e. The molecule has 0 saturated carbocycles. The van der Waals surface area contributed by atoms with E-state index in [-0.39, 0.29) is 36.3 Å². The number of unbranched alkanes of at least 4 members (excludes halogenated alkanes) is 3. The number of anilines is 2. The first-order chi connectivity index (χ1) is 44.1. The van der Waals surface area contributed by atoms with E-state index in [0.717, 1.165) is 34.3 Å². The molecule has 10 aromatic heterocycles. The van der Waals surface area contributed by atoms with Crippen LogP contribution in [-0.2, 0) is 13.1 Å². The number of thiazole rings is 4. The second-order valence-electron chi connectivity index (χ2n) is 20.0. The number of ketones is 2. The van der Waals surface area contributed by atoms with Crippen LogP contribution in [-0.4, -0.2) is 107 Å². The number of aromatic nitrogens is 12. The summed E-state index contributed by atoms with van der Waals surface area (Å²) in [4.78, 5) is 63.1. The van der Waals surface area contributed by atoms with Crippen LogP contribution in [0.3, 0.4) is 0 Å². The summed E-state index contributed by atoms with van der Waals surface area (Å²) < 4.78 is 30.5. The molecule has 0 aliphatic heterocycles. The van der Waals surface area contributed by atoms with E-state index in [1.54, 1.807) is 100 Å². The average Bonchev–Trinajstić information content (AvgIpc) is 1.68. The van der Waals surface area contributed by atoms with Crippen molar-refractivity contribution in [1.82, 2.24) is 60.1 Å². The van der Waals surface area contributed by atoms with Crippen molar-refractivity contribution in [1.29, 1.82) is 0 Å². The molecule has 0 bridgehead atoms. The van der Waals surface area contributed by atoms with E-state index >= 15 is 0 Å². The Morgan fingerprint density at radius 2 is 0.978 bits per heavy atom. The number of carboxylic acids is 1. The maximum atomic E-state index is 12.3. The molecule has 0 unspecified atom stereocenters. The molecule has 0 spiro atoms. The largest absolute Gasteiger partial charge is 0.476 e. The molecule has 29 heteroatoms. The third-order valence-electron chi connectivity index (χ3n) is 13.1. The van der Waals surface area contributed by atoms with Gasteiger partial charge >= 0.3 is 140 Å². The second kappa shape index (κ2) is 38.4. The van der Waals surface area contributed by atoms with Gasteiger partial charge in [0.1, 0.15) is 5.69 Å². The van der Waals surface area contributed by atoms with Crippen LogP contribution in [0.1, 0.15) is 134 Å². The van der Waals surface area contributed by atoms with Crippen molar-refractivity contribution >= 4 is 118 Å². The summed E-state index contributed by atoms with van der Waals surface area (Å²) in [5, 5.41) is 34.5. The first-order valence-corrected chi connectivity index (χ1v) is 40.5. The number of nitrogen functional groups attached to an aromatic ring is 1. The number of hydrogen-bond acceptors (Lipinski definition) is 23. The van der Waals surface area contributed by atoms with Gasteiger partial charge in [-0.05, 0) is 27.1 Å². The van der Waals surface area contributed by atoms with Crippen LogP contribution in [0, 0.1) is 0 Å². The summed E-state index contributed by atoms with van der Waals surface area (Å²) in [7, 11) is 0. The van der Waals surface area contributed by atoms with Gasteiger partial charge in [-0.2, -0.15) is 10.2 Å². The van der Waals surface area contributed by atoms with Crippen molar-refractivity contribution in [2.24, 2.45) is 0 Å². The van der Waals surface area contributed by atoms with Crippen molar-refractivity contribution in [3.05, 3.63) is 194 Å². The number of carbonyl (C=O) groups excluding carboxylic acids is 3. The Balaban J connectivity index is 0.000000182. The standard InChI is InChI=1S/C17H13N5O2S.C10H11N3.C8H6N2O2S.C7H4N2O3S.C5H4NO2.3C4H9.C3H2BrNS.CH4.Sn/c23-17(14-6-15(24-21-14)16-8-18-11-25-16)20-13-7-19-22(10-13)9-12-4-2-1-3-5-12;11-10-6-12-13(8-10)7-9-4-2-1-3-5-9;1-5(11)6-2-7(12-10-6)8-3-9-4-13-8;10-7(11)4-1-5(12-9-4)6-2-8-3-13-6;1-4(7)5-2-3-8-6-5;3*1-3-4-2;4-3-1-5-2-6-3;;/h1-8,10-11H,9H2,(H,20,23);1-6,8H,7,11H2;2-4H,1H3;1-3H,(H,10,11);2H,1H3;3*1,3-4H2,2H3;1-2H;1H4;. The fraction of sp³-hybridized carbons (Fsp3) is 0.270. The molecule has 0 atom stereocenters. The number of aromatic carboxylic acids is 1. The predicted octanol–water partition coefficient (Wildman–Crippen LogP) is 15.8. The van der Waals surface area contributed by atoms with E-state index in [1.807, 2.05) is 65.5 Å². The van der Waals surface area contributed by atoms with Crippen molar-refractivity contribution in [2.45, 2.75) is 107 Å². The van der Waals surface area contributed by atoms with Crippen molar-refractivity contribution in [2.75, 3.05) is 11.1 Å². The average molecular weight is 1500 g/mol. The minimum atomic E-state index is -2.52. The Morgan fingerprint density at radius 3 is 1.36 bits per heavy atom. The molecule has 12 aromatic rings. The van der Waals surface area contributed by atoms with Gasteiger partial charge in [-0.1, -0.05) is 83.6 Å². The molecule has 4 N–H and O–H groups in total. The summed E-state index contributed by atoms with van der Waals surface area (Å²) in [5.74, 6) is 0.0180. The third kappa shape index (κ3) is 23.4. The van der Waals surface area contributed by atoms with Gasteiger partial charge in [0.15, 0.2) is 34.5 Å². The van der Waals surface area contributed by atoms with Gasteiger partial charge < -0.3 is 29.7 Å². The number of nitrogens with zero attached hydrogens (tertiary/aromatic N) is 12. The zero-order valence-electron chi connectivity index (χ0n) is 50.5. The van der Waals surface area contributed by atoms with Gasteiger partial charge in [0, 0.05) is 56.1 Å². The molecule has 2 aromatic carbocycles. The van der Waals surface area contributed by atoms with Crippen LogP contribution in [0.2, 0.25) is 13.3 Å². The van der Waals surface area contributed by atoms with Gasteiger partial charge in [0.05, 0.1) is 83.5 Å². The van der Waals surface area contributed by atoms with E-state index in [9.17, 15) is 19.2 Å². The number of halogens is 1. The summed E-state index contributed by atoms with van der Waals surface area (Å²) in [6.07, 6.45) is 21.2. The first kappa shape index (κ1) is 72.6. The van der Waals surface area contributed by atoms with Gasteiger partial charge in [-0.15, -0.1) is 45.3 Å². The minimum Gasteiger partial charge on any atom is -0.476 e. The van der Waals surface area contributed by atoms with Crippen LogP contribution in [0.15, 0.2) is 178 Å². The molecule has 0 saturated heterocycles. The molecule has 0 aliphatic rings. The van der Waals surface area contributed by atoms with E-state index in [4.69, 9.17) is 28.9 Å². The summed E-state index contributed by atoms with van der Waals surface area (Å²) in [5.41, 5.74) is 17.0. The Morgan fingerprint density at radius 1 is 0.554 bits per heavy atom.